The van der Waals surface area contributed by atoms with Gasteiger partial charge in [0.25, 0.3) is 5.91 Å². The van der Waals surface area contributed by atoms with Crippen molar-refractivity contribution in [2.24, 2.45) is 0 Å². The summed E-state index contributed by atoms with van der Waals surface area (Å²) in [6.45, 7) is 1.32. The number of methoxy groups -OCH3 is 2. The Balaban J connectivity index is 1.50. The molecule has 0 atom stereocenters. The van der Waals surface area contributed by atoms with Crippen molar-refractivity contribution < 1.29 is 27.4 Å². The second-order valence-corrected chi connectivity index (χ2v) is 12.6. The highest BCUT2D eigenvalue weighted by Crippen LogP contribution is 2.43. The largest absolute Gasteiger partial charge is 0.383 e. The minimum Gasteiger partial charge on any atom is -0.383 e. The first-order valence-electron chi connectivity index (χ1n) is 14.1. The molecule has 0 radical (unpaired) electrons. The van der Waals surface area contributed by atoms with Gasteiger partial charge in [-0.3, -0.25) is 4.79 Å². The van der Waals surface area contributed by atoms with Gasteiger partial charge >= 0.3 is 0 Å². The Morgan fingerprint density at radius 1 is 1.07 bits per heavy atom. The molecule has 1 aromatic carbocycles. The summed E-state index contributed by atoms with van der Waals surface area (Å²) in [6, 6.07) is 9.68. The predicted octanol–water partition coefficient (Wildman–Crippen LogP) is 2.39. The summed E-state index contributed by atoms with van der Waals surface area (Å²) in [6.07, 6.45) is 7.97. The van der Waals surface area contributed by atoms with Gasteiger partial charge in [-0.25, -0.2) is 18.1 Å². The fraction of sp³-hybridized carbons (Fsp3) is 0.448. The molecule has 1 amide bonds. The molecule has 14 heteroatoms. The van der Waals surface area contributed by atoms with Gasteiger partial charge in [0.05, 0.1) is 43.6 Å². The van der Waals surface area contributed by atoms with Crippen LogP contribution in [-0.4, -0.2) is 91.1 Å². The van der Waals surface area contributed by atoms with Crippen molar-refractivity contribution in [3.05, 3.63) is 54.6 Å². The summed E-state index contributed by atoms with van der Waals surface area (Å²) in [5.74, 6) is -0.508. The molecule has 4 aromatic rings. The number of nitrogens with one attached hydrogen (secondary N) is 1. The number of anilines is 1. The number of aromatic nitrogens is 5. The first-order chi connectivity index (χ1) is 20.7. The van der Waals surface area contributed by atoms with Crippen molar-refractivity contribution in [3.8, 4) is 16.8 Å². The number of nitrogen functional groups attached to an aromatic ring is 1. The first kappa shape index (κ1) is 30.6. The smallest absolute Gasteiger partial charge is 0.252 e. The molecule has 0 bridgehead atoms. The molecule has 0 aliphatic heterocycles. The van der Waals surface area contributed by atoms with Crippen LogP contribution in [0.5, 0.6) is 0 Å². The van der Waals surface area contributed by atoms with Crippen LogP contribution in [0.15, 0.2) is 53.8 Å². The molecule has 3 N–H and O–H groups in total. The molecule has 0 unspecified atom stereocenters. The SMILES string of the molecule is COCCNC(=O)C1(OCCOC)CCC(c2nc3c(-c4cnn(-c5ccccc5)c4)cnn3c(N)c2S(C)(=O)=O)CC1. The number of rotatable bonds is 12. The molecule has 1 saturated carbocycles. The lowest BCUT2D eigenvalue weighted by Gasteiger charge is -2.39. The van der Waals surface area contributed by atoms with Crippen molar-refractivity contribution in [3.63, 3.8) is 0 Å². The molecule has 43 heavy (non-hydrogen) atoms. The van der Waals surface area contributed by atoms with Gasteiger partial charge in [0.2, 0.25) is 0 Å². The standard InChI is InChI=1S/C29H37N7O6S/c1-40-14-13-31-28(37)29(42-16-15-41-2)11-9-20(10-12-29)24-25(43(3,38)39)26(30)36-27(34-24)23(18-33-36)21-17-32-35(19-21)22-7-5-4-6-8-22/h4-8,17-20H,9-16,30H2,1-3H3,(H,31,37). The van der Waals surface area contributed by atoms with Crippen LogP contribution in [0.3, 0.4) is 0 Å². The number of amides is 1. The van der Waals surface area contributed by atoms with Gasteiger partial charge in [-0.1, -0.05) is 18.2 Å². The number of ether oxygens (including phenoxy) is 3. The molecule has 3 aromatic heterocycles. The minimum atomic E-state index is -3.78. The summed E-state index contributed by atoms with van der Waals surface area (Å²) in [4.78, 5) is 18.1. The molecular formula is C29H37N7O6S. The van der Waals surface area contributed by atoms with Gasteiger partial charge in [0.1, 0.15) is 16.3 Å². The third-order valence-electron chi connectivity index (χ3n) is 7.80. The molecule has 3 heterocycles. The quantitative estimate of drug-likeness (QED) is 0.227. The molecule has 230 valence electrons. The lowest BCUT2D eigenvalue weighted by atomic mass is 9.76. The Labute approximate surface area is 250 Å². The maximum Gasteiger partial charge on any atom is 0.252 e. The Morgan fingerprint density at radius 3 is 2.47 bits per heavy atom. The molecule has 1 aliphatic rings. The maximum atomic E-state index is 13.3. The number of carbonyl (C=O) groups is 1. The van der Waals surface area contributed by atoms with Crippen LogP contribution in [0.4, 0.5) is 5.82 Å². The molecule has 0 saturated heterocycles. The van der Waals surface area contributed by atoms with E-state index in [1.54, 1.807) is 31.3 Å². The number of carbonyl (C=O) groups excluding carboxylic acids is 1. The van der Waals surface area contributed by atoms with E-state index < -0.39 is 15.4 Å². The highest BCUT2D eigenvalue weighted by atomic mass is 32.2. The zero-order valence-corrected chi connectivity index (χ0v) is 25.3. The number of para-hydroxylation sites is 1. The van der Waals surface area contributed by atoms with Gasteiger partial charge in [-0.2, -0.15) is 14.7 Å². The number of hydrogen-bond donors (Lipinski definition) is 2. The average Bonchev–Trinajstić information content (AvgIpc) is 3.65. The van der Waals surface area contributed by atoms with Crippen LogP contribution in [-0.2, 0) is 28.8 Å². The third-order valence-corrected chi connectivity index (χ3v) is 8.96. The zero-order valence-electron chi connectivity index (χ0n) is 24.5. The summed E-state index contributed by atoms with van der Waals surface area (Å²) in [5, 5.41) is 11.8. The van der Waals surface area contributed by atoms with Crippen LogP contribution in [0.1, 0.15) is 37.3 Å². The van der Waals surface area contributed by atoms with E-state index in [1.165, 1.54) is 4.52 Å². The van der Waals surface area contributed by atoms with Crippen molar-refractivity contribution in [1.82, 2.24) is 29.7 Å². The van der Waals surface area contributed by atoms with E-state index in [0.717, 1.165) is 17.5 Å². The van der Waals surface area contributed by atoms with Crippen LogP contribution in [0, 0.1) is 0 Å². The lowest BCUT2D eigenvalue weighted by molar-refractivity contribution is -0.155. The highest BCUT2D eigenvalue weighted by molar-refractivity contribution is 7.91. The van der Waals surface area contributed by atoms with Gasteiger partial charge in [-0.15, -0.1) is 0 Å². The van der Waals surface area contributed by atoms with Crippen LogP contribution < -0.4 is 11.1 Å². The average molecular weight is 612 g/mol. The zero-order chi connectivity index (χ0) is 30.6. The molecule has 13 nitrogen and oxygen atoms in total. The van der Waals surface area contributed by atoms with Crippen LogP contribution >= 0.6 is 0 Å². The Bertz CT molecular complexity index is 1680. The van der Waals surface area contributed by atoms with Crippen LogP contribution in [0.2, 0.25) is 0 Å². The Kier molecular flexibility index (Phi) is 9.11. The topological polar surface area (TPSA) is 165 Å². The second kappa shape index (κ2) is 12.8. The fourth-order valence-corrected chi connectivity index (χ4v) is 6.66. The number of nitrogens with two attached hydrogens (primary N) is 1. The van der Waals surface area contributed by atoms with E-state index in [2.05, 4.69) is 15.5 Å². The van der Waals surface area contributed by atoms with Crippen LogP contribution in [0.25, 0.3) is 22.5 Å². The van der Waals surface area contributed by atoms with Gasteiger partial charge in [0, 0.05) is 50.3 Å². The summed E-state index contributed by atoms with van der Waals surface area (Å²) < 4.78 is 45.6. The summed E-state index contributed by atoms with van der Waals surface area (Å²) >= 11 is 0. The summed E-state index contributed by atoms with van der Waals surface area (Å²) in [7, 11) is -0.636. The molecular weight excluding hydrogens is 574 g/mol. The Hall–Kier alpha value is -3.85. The van der Waals surface area contributed by atoms with E-state index in [1.807, 2.05) is 36.5 Å². The van der Waals surface area contributed by atoms with E-state index >= 15 is 0 Å². The van der Waals surface area contributed by atoms with Crippen molar-refractivity contribution in [2.45, 2.75) is 42.1 Å². The number of sulfone groups is 1. The Morgan fingerprint density at radius 2 is 1.79 bits per heavy atom. The van der Waals surface area contributed by atoms with Crippen molar-refractivity contribution in [2.75, 3.05) is 52.6 Å². The first-order valence-corrected chi connectivity index (χ1v) is 16.0. The molecule has 1 aliphatic carbocycles. The van der Waals surface area contributed by atoms with E-state index in [-0.39, 0.29) is 29.1 Å². The molecule has 1 fully saturated rings. The van der Waals surface area contributed by atoms with E-state index in [0.29, 0.717) is 62.3 Å². The number of hydrogen-bond acceptors (Lipinski definition) is 10. The number of nitrogens with zero attached hydrogens (tertiary/aromatic N) is 5. The van der Waals surface area contributed by atoms with Gasteiger partial charge in [0.15, 0.2) is 15.5 Å². The second-order valence-electron chi connectivity index (χ2n) is 10.6. The highest BCUT2D eigenvalue weighted by Gasteiger charge is 2.44. The monoisotopic (exact) mass is 611 g/mol. The normalized spacial score (nSPS) is 19.1. The summed E-state index contributed by atoms with van der Waals surface area (Å²) in [5.41, 5.74) is 8.54. The maximum absolute atomic E-state index is 13.3. The molecule has 0 spiro atoms. The number of benzene rings is 1. The molecule has 5 rings (SSSR count). The third kappa shape index (κ3) is 6.27. The van der Waals surface area contributed by atoms with Crippen molar-refractivity contribution in [1.29, 1.82) is 0 Å². The minimum absolute atomic E-state index is 0.00492. The van der Waals surface area contributed by atoms with Gasteiger partial charge < -0.3 is 25.3 Å². The van der Waals surface area contributed by atoms with Gasteiger partial charge in [-0.05, 0) is 37.8 Å². The van der Waals surface area contributed by atoms with Crippen molar-refractivity contribution >= 4 is 27.2 Å². The predicted molar refractivity (Wildman–Crippen MR) is 160 cm³/mol. The number of fused-ring (bicyclic) bond motifs is 1. The van der Waals surface area contributed by atoms with E-state index in [4.69, 9.17) is 24.9 Å². The lowest BCUT2D eigenvalue weighted by Crippen LogP contribution is -2.52. The van der Waals surface area contributed by atoms with E-state index in [9.17, 15) is 13.2 Å². The fourth-order valence-electron chi connectivity index (χ4n) is 5.60.